The fourth-order valence-electron chi connectivity index (χ4n) is 3.15. The molecule has 0 bridgehead atoms. The van der Waals surface area contributed by atoms with Crippen LogP contribution in [0.4, 0.5) is 0 Å². The summed E-state index contributed by atoms with van der Waals surface area (Å²) < 4.78 is 4.86. The number of aromatic carboxylic acids is 1. The Hall–Kier alpha value is -2.53. The first-order chi connectivity index (χ1) is 16.0. The van der Waals surface area contributed by atoms with Gasteiger partial charge in [-0.05, 0) is 62.8 Å². The molecule has 0 aliphatic carbocycles. The predicted octanol–water partition coefficient (Wildman–Crippen LogP) is 7.78. The largest absolute Gasteiger partial charge is 0.478 e. The molecule has 0 heterocycles. The lowest BCUT2D eigenvalue weighted by molar-refractivity contribution is -0.137. The van der Waals surface area contributed by atoms with Gasteiger partial charge < -0.3 is 9.84 Å². The van der Waals surface area contributed by atoms with E-state index in [4.69, 9.17) is 4.74 Å². The maximum Gasteiger partial charge on any atom is 0.339 e. The summed E-state index contributed by atoms with van der Waals surface area (Å²) in [5.74, 6) is -0.591. The van der Waals surface area contributed by atoms with Crippen molar-refractivity contribution in [2.45, 2.75) is 70.5 Å². The van der Waals surface area contributed by atoms with Gasteiger partial charge >= 0.3 is 11.9 Å². The quantitative estimate of drug-likeness (QED) is 0.116. The van der Waals surface area contributed by atoms with Crippen LogP contribution in [0.3, 0.4) is 0 Å². The van der Waals surface area contributed by atoms with Gasteiger partial charge in [-0.1, -0.05) is 81.5 Å². The van der Waals surface area contributed by atoms with Crippen LogP contribution in [-0.4, -0.2) is 27.5 Å². The summed E-state index contributed by atoms with van der Waals surface area (Å²) >= 11 is 1.59. The third-order valence-corrected chi connectivity index (χ3v) is 6.95. The number of allylic oxidation sites excluding steroid dienone is 8. The first-order valence-corrected chi connectivity index (χ1v) is 12.8. The van der Waals surface area contributed by atoms with Gasteiger partial charge in [0.25, 0.3) is 0 Å². The topological polar surface area (TPSA) is 63.6 Å². The first kappa shape index (κ1) is 28.5. The molecule has 1 aromatic carbocycles. The van der Waals surface area contributed by atoms with Crippen LogP contribution in [0.1, 0.15) is 76.1 Å². The van der Waals surface area contributed by atoms with Gasteiger partial charge in [0.2, 0.25) is 0 Å². The van der Waals surface area contributed by atoms with Crippen LogP contribution >= 0.6 is 11.8 Å². The maximum absolute atomic E-state index is 13.0. The molecule has 4 nitrogen and oxygen atoms in total. The van der Waals surface area contributed by atoms with Crippen molar-refractivity contribution in [3.63, 3.8) is 0 Å². The summed E-state index contributed by atoms with van der Waals surface area (Å²) in [7, 11) is 0. The number of hydrogen-bond donors (Lipinski definition) is 1. The van der Waals surface area contributed by atoms with Gasteiger partial charge in [0.1, 0.15) is 16.1 Å². The number of rotatable bonds is 16. The van der Waals surface area contributed by atoms with Crippen LogP contribution < -0.4 is 4.74 Å². The first-order valence-electron chi connectivity index (χ1n) is 11.8. The van der Waals surface area contributed by atoms with E-state index in [-0.39, 0.29) is 17.3 Å². The Labute approximate surface area is 203 Å². The van der Waals surface area contributed by atoms with Crippen LogP contribution in [0.5, 0.6) is 5.75 Å². The van der Waals surface area contributed by atoms with E-state index in [2.05, 4.69) is 55.5 Å². The van der Waals surface area contributed by atoms with Gasteiger partial charge in [-0.15, -0.1) is 11.8 Å². The molecule has 0 aliphatic heterocycles. The zero-order valence-electron chi connectivity index (χ0n) is 20.2. The number of hydrogen-bond acceptors (Lipinski definition) is 4. The molecular formula is C28H38O4S. The zero-order valence-corrected chi connectivity index (χ0v) is 21.0. The number of carbonyl (C=O) groups excluding carboxylic acids is 1. The number of esters is 1. The van der Waals surface area contributed by atoms with E-state index in [1.54, 1.807) is 23.9 Å². The van der Waals surface area contributed by atoms with Crippen molar-refractivity contribution in [2.24, 2.45) is 0 Å². The number of para-hydroxylation sites is 1. The van der Waals surface area contributed by atoms with Gasteiger partial charge in [-0.3, -0.25) is 4.79 Å². The molecule has 1 rings (SSSR count). The summed E-state index contributed by atoms with van der Waals surface area (Å²) in [6.45, 7) is 6.07. The molecule has 1 N–H and O–H groups in total. The van der Waals surface area contributed by atoms with E-state index in [9.17, 15) is 14.7 Å². The second-order valence-electron chi connectivity index (χ2n) is 7.53. The highest BCUT2D eigenvalue weighted by Crippen LogP contribution is 2.35. The normalized spacial score (nSPS) is 12.5. The fraction of sp³-hybridized carbons (Fsp3) is 0.429. The van der Waals surface area contributed by atoms with Gasteiger partial charge in [0, 0.05) is 0 Å². The molecule has 0 aromatic heterocycles. The van der Waals surface area contributed by atoms with E-state index in [1.165, 1.54) is 12.1 Å². The molecule has 0 saturated carbocycles. The minimum Gasteiger partial charge on any atom is -0.478 e. The van der Waals surface area contributed by atoms with Crippen LogP contribution in [0.2, 0.25) is 0 Å². The van der Waals surface area contributed by atoms with E-state index < -0.39 is 10.7 Å². The number of carboxylic acids is 1. The van der Waals surface area contributed by atoms with Crippen LogP contribution in [0, 0.1) is 0 Å². The van der Waals surface area contributed by atoms with Crippen LogP contribution in [0.15, 0.2) is 72.9 Å². The second kappa shape index (κ2) is 17.0. The molecule has 0 spiro atoms. The summed E-state index contributed by atoms with van der Waals surface area (Å²) in [5.41, 5.74) is -0.00300. The molecule has 5 heteroatoms. The Morgan fingerprint density at radius 1 is 0.879 bits per heavy atom. The highest BCUT2D eigenvalue weighted by molar-refractivity contribution is 8.01. The van der Waals surface area contributed by atoms with Gasteiger partial charge in [-0.25, -0.2) is 4.79 Å². The van der Waals surface area contributed by atoms with Crippen molar-refractivity contribution < 1.29 is 19.4 Å². The Morgan fingerprint density at radius 3 is 1.97 bits per heavy atom. The predicted molar refractivity (Wildman–Crippen MR) is 140 cm³/mol. The lowest BCUT2D eigenvalue weighted by atomic mass is 10.0. The molecular weight excluding hydrogens is 432 g/mol. The molecule has 0 amide bonds. The molecule has 0 saturated heterocycles. The number of thioether (sulfide) groups is 1. The molecule has 0 atom stereocenters. The molecule has 0 aliphatic rings. The summed E-state index contributed by atoms with van der Waals surface area (Å²) in [6, 6.07) is 6.25. The summed E-state index contributed by atoms with van der Waals surface area (Å²) in [6.07, 6.45) is 23.4. The molecule has 1 aromatic rings. The van der Waals surface area contributed by atoms with E-state index in [1.807, 2.05) is 13.8 Å². The number of carboxylic acid groups (broad SMARTS) is 1. The molecule has 180 valence electrons. The Kier molecular flexibility index (Phi) is 14.7. The van der Waals surface area contributed by atoms with Gasteiger partial charge in [-0.2, -0.15) is 0 Å². The third-order valence-electron chi connectivity index (χ3n) is 5.22. The van der Waals surface area contributed by atoms with E-state index in [0.717, 1.165) is 37.9 Å². The average Bonchev–Trinajstić information content (AvgIpc) is 2.82. The van der Waals surface area contributed by atoms with Crippen molar-refractivity contribution in [3.05, 3.63) is 78.4 Å². The van der Waals surface area contributed by atoms with Crippen molar-refractivity contribution >= 4 is 23.7 Å². The average molecular weight is 471 g/mol. The van der Waals surface area contributed by atoms with Crippen LogP contribution in [-0.2, 0) is 4.79 Å². The molecule has 0 fully saturated rings. The maximum atomic E-state index is 13.0. The van der Waals surface area contributed by atoms with Crippen molar-refractivity contribution in [3.8, 4) is 5.75 Å². The smallest absolute Gasteiger partial charge is 0.339 e. The van der Waals surface area contributed by atoms with Gasteiger partial charge in [0.05, 0.1) is 0 Å². The highest BCUT2D eigenvalue weighted by atomic mass is 32.2. The molecule has 0 radical (unpaired) electrons. The van der Waals surface area contributed by atoms with Crippen LogP contribution in [0.25, 0.3) is 0 Å². The fourth-order valence-corrected chi connectivity index (χ4v) is 4.36. The number of ether oxygens (including phenoxy) is 1. The van der Waals surface area contributed by atoms with Crippen molar-refractivity contribution in [1.82, 2.24) is 0 Å². The van der Waals surface area contributed by atoms with Crippen molar-refractivity contribution in [2.75, 3.05) is 5.75 Å². The highest BCUT2D eigenvalue weighted by Gasteiger charge is 2.37. The van der Waals surface area contributed by atoms with Gasteiger partial charge in [0.15, 0.2) is 0 Å². The lowest BCUT2D eigenvalue weighted by Crippen LogP contribution is -2.38. The summed E-state index contributed by atoms with van der Waals surface area (Å²) in [5, 5.41) is 9.33. The van der Waals surface area contributed by atoms with Crippen molar-refractivity contribution in [1.29, 1.82) is 0 Å². The monoisotopic (exact) mass is 470 g/mol. The lowest BCUT2D eigenvalue weighted by Gasteiger charge is -2.28. The summed E-state index contributed by atoms with van der Waals surface area (Å²) in [4.78, 5) is 24.4. The number of carbonyl (C=O) groups is 2. The van der Waals surface area contributed by atoms with E-state index >= 15 is 0 Å². The standard InChI is InChI=1S/C28H38O4S/c1-4-7-8-9-10-11-12-13-14-15-16-17-20-23-33-28(5-2,6-3)27(31)32-25-22-19-18-21-24(25)26(29)30/h7-8,10-11,13-14,16-19,21-22H,4-6,9,12,15,20,23H2,1-3H3,(H,29,30). The number of benzene rings is 1. The minimum atomic E-state index is -1.11. The molecule has 33 heavy (non-hydrogen) atoms. The minimum absolute atomic E-state index is 0.00300. The third kappa shape index (κ3) is 10.8. The van der Waals surface area contributed by atoms with E-state index in [0.29, 0.717) is 12.8 Å². The Morgan fingerprint density at radius 2 is 1.42 bits per heavy atom. The zero-order chi connectivity index (χ0) is 24.4. The molecule has 0 unspecified atom stereocenters. The Balaban J connectivity index is 2.46. The second-order valence-corrected chi connectivity index (χ2v) is 9.01. The SMILES string of the molecule is CCC=CCC=CCC=CCC=CCCSC(CC)(CC)C(=O)Oc1ccccc1C(=O)O. The Bertz CT molecular complexity index is 832.